The van der Waals surface area contributed by atoms with Gasteiger partial charge in [0.1, 0.15) is 9.84 Å². The van der Waals surface area contributed by atoms with Crippen molar-refractivity contribution in [1.82, 2.24) is 10.2 Å². The topological polar surface area (TPSA) is 86.7 Å². The summed E-state index contributed by atoms with van der Waals surface area (Å²) in [5.74, 6) is 1.79. The number of carboxylic acids is 1. The molecule has 298 valence electrons. The zero-order valence-electron chi connectivity index (χ0n) is 34.2. The molecular formula is C45H71FN2O4S. The Morgan fingerprint density at radius 3 is 2.25 bits per heavy atom. The van der Waals surface area contributed by atoms with E-state index >= 15 is 0 Å². The number of nitrogens with one attached hydrogen (secondary N) is 1. The minimum absolute atomic E-state index is 0.0122. The van der Waals surface area contributed by atoms with Crippen LogP contribution in [0.4, 0.5) is 4.39 Å². The van der Waals surface area contributed by atoms with Gasteiger partial charge in [0, 0.05) is 24.9 Å². The number of allylic oxidation sites excluding steroid dienone is 5. The molecule has 0 bridgehead atoms. The molecule has 1 heterocycles. The number of aliphatic carboxylic acids is 1. The molecule has 1 saturated heterocycles. The van der Waals surface area contributed by atoms with E-state index in [0.29, 0.717) is 42.4 Å². The fourth-order valence-corrected chi connectivity index (χ4v) is 16.0. The molecule has 53 heavy (non-hydrogen) atoms. The van der Waals surface area contributed by atoms with Crippen LogP contribution >= 0.6 is 0 Å². The van der Waals surface area contributed by atoms with Crippen LogP contribution in [0.15, 0.2) is 35.5 Å². The van der Waals surface area contributed by atoms with E-state index in [9.17, 15) is 22.7 Å². The summed E-state index contributed by atoms with van der Waals surface area (Å²) in [5.41, 5.74) is 2.83. The van der Waals surface area contributed by atoms with Crippen molar-refractivity contribution in [3.63, 3.8) is 0 Å². The number of rotatable bonds is 8. The third-order valence-electron chi connectivity index (χ3n) is 18.2. The maximum atomic E-state index is 14.9. The lowest BCUT2D eigenvalue weighted by Crippen LogP contribution is -2.68. The second-order valence-corrected chi connectivity index (χ2v) is 23.1. The molecule has 2 N–H and O–H groups in total. The maximum absolute atomic E-state index is 14.9. The van der Waals surface area contributed by atoms with Crippen LogP contribution in [0.5, 0.6) is 0 Å². The Labute approximate surface area is 321 Å². The third-order valence-corrected chi connectivity index (χ3v) is 19.9. The van der Waals surface area contributed by atoms with Gasteiger partial charge in [0.25, 0.3) is 0 Å². The summed E-state index contributed by atoms with van der Waals surface area (Å²) in [6.45, 7) is 23.6. The van der Waals surface area contributed by atoms with E-state index in [-0.39, 0.29) is 45.3 Å². The van der Waals surface area contributed by atoms with Gasteiger partial charge in [0.2, 0.25) is 5.67 Å². The number of sulfone groups is 1. The second-order valence-electron chi connectivity index (χ2n) is 20.8. The van der Waals surface area contributed by atoms with Gasteiger partial charge in [0.05, 0.1) is 5.25 Å². The van der Waals surface area contributed by atoms with E-state index in [1.54, 1.807) is 0 Å². The molecule has 0 aromatic rings. The predicted octanol–water partition coefficient (Wildman–Crippen LogP) is 9.32. The van der Waals surface area contributed by atoms with E-state index < -0.39 is 21.5 Å². The Morgan fingerprint density at radius 2 is 1.62 bits per heavy atom. The Balaban J connectivity index is 1.09. The number of carbonyl (C=O) groups is 1. The van der Waals surface area contributed by atoms with Crippen molar-refractivity contribution in [3.8, 4) is 0 Å². The van der Waals surface area contributed by atoms with Gasteiger partial charge in [-0.05, 0) is 173 Å². The first kappa shape index (κ1) is 39.7. The normalized spacial score (nSPS) is 44.6. The molecular weight excluding hydrogens is 684 g/mol. The van der Waals surface area contributed by atoms with Crippen LogP contribution in [0.2, 0.25) is 0 Å². The fourth-order valence-electron chi connectivity index (χ4n) is 14.9. The van der Waals surface area contributed by atoms with Crippen LogP contribution in [0, 0.1) is 51.2 Å². The Kier molecular flexibility index (Phi) is 10.2. The number of piperidine rings is 1. The monoisotopic (exact) mass is 755 g/mol. The average Bonchev–Trinajstić information content (AvgIpc) is 3.47. The van der Waals surface area contributed by atoms with Crippen molar-refractivity contribution >= 4 is 15.8 Å². The van der Waals surface area contributed by atoms with Crippen LogP contribution in [0.25, 0.3) is 0 Å². The standard InChI is InChI=1S/C45H71FN2O4S/c1-30(2)34-14-22-45(47-25-28-48-26-16-33(17-27-48)53(8,51)52)24-23-42(6)35(38(34)45)9-10-37-41(5)18-13-32(40(3,4)36(41)15-19-43(37,42)7)29-31-11-20-44(46,21-12-31)39(49)50/h13,29,33-38,47H,1,9-12,14-28H2,2-8H3,(H,49,50)/t34-,35+,36-,37+,38+,41-,42+,43+,44?,45-/m0/s1. The predicted molar refractivity (Wildman–Crippen MR) is 213 cm³/mol. The molecule has 0 amide bonds. The highest BCUT2D eigenvalue weighted by Gasteiger charge is 2.70. The molecule has 6 aliphatic carbocycles. The summed E-state index contributed by atoms with van der Waals surface area (Å²) in [4.78, 5) is 14.0. The van der Waals surface area contributed by atoms with Gasteiger partial charge in [0.15, 0.2) is 0 Å². The second kappa shape index (κ2) is 13.6. The number of likely N-dealkylation sites (tertiary alicyclic amines) is 1. The zero-order chi connectivity index (χ0) is 38.4. The summed E-state index contributed by atoms with van der Waals surface area (Å²) in [6.07, 6.45) is 20.2. The van der Waals surface area contributed by atoms with Gasteiger partial charge in [-0.1, -0.05) is 64.5 Å². The largest absolute Gasteiger partial charge is 0.479 e. The minimum Gasteiger partial charge on any atom is -0.479 e. The summed E-state index contributed by atoms with van der Waals surface area (Å²) < 4.78 is 39.1. The number of alkyl halides is 1. The van der Waals surface area contributed by atoms with E-state index in [2.05, 4.69) is 70.5 Å². The molecule has 0 aromatic heterocycles. The molecule has 5 saturated carbocycles. The molecule has 0 aromatic carbocycles. The molecule has 1 aliphatic heterocycles. The van der Waals surface area contributed by atoms with Crippen molar-refractivity contribution in [1.29, 1.82) is 0 Å². The number of nitrogens with zero attached hydrogens (tertiary/aromatic N) is 1. The van der Waals surface area contributed by atoms with Crippen molar-refractivity contribution in [2.75, 3.05) is 32.4 Å². The maximum Gasteiger partial charge on any atom is 0.341 e. The van der Waals surface area contributed by atoms with Crippen LogP contribution in [-0.2, 0) is 14.6 Å². The van der Waals surface area contributed by atoms with Crippen molar-refractivity contribution in [2.45, 2.75) is 154 Å². The van der Waals surface area contributed by atoms with Crippen molar-refractivity contribution in [2.24, 2.45) is 51.2 Å². The number of halogens is 1. The number of fused-ring (bicyclic) bond motifs is 7. The van der Waals surface area contributed by atoms with Crippen LogP contribution in [-0.4, -0.2) is 73.3 Å². The van der Waals surface area contributed by atoms with Crippen molar-refractivity contribution in [3.05, 3.63) is 35.5 Å². The van der Waals surface area contributed by atoms with E-state index in [4.69, 9.17) is 0 Å². The van der Waals surface area contributed by atoms with E-state index in [0.717, 1.165) is 45.4 Å². The first-order valence-electron chi connectivity index (χ1n) is 21.3. The van der Waals surface area contributed by atoms with Gasteiger partial charge in [-0.2, -0.15) is 0 Å². The molecule has 0 radical (unpaired) electrons. The van der Waals surface area contributed by atoms with Crippen molar-refractivity contribution < 1.29 is 22.7 Å². The summed E-state index contributed by atoms with van der Waals surface area (Å²) in [5, 5.41) is 13.5. The lowest BCUT2D eigenvalue weighted by molar-refractivity contribution is -0.221. The highest BCUT2D eigenvalue weighted by atomic mass is 32.2. The van der Waals surface area contributed by atoms with Gasteiger partial charge < -0.3 is 15.3 Å². The first-order valence-corrected chi connectivity index (χ1v) is 23.3. The molecule has 0 unspecified atom stereocenters. The summed E-state index contributed by atoms with van der Waals surface area (Å²) in [7, 11) is -2.96. The van der Waals surface area contributed by atoms with Gasteiger partial charge >= 0.3 is 5.97 Å². The molecule has 8 heteroatoms. The van der Waals surface area contributed by atoms with Gasteiger partial charge in [-0.25, -0.2) is 17.6 Å². The molecule has 6 nitrogen and oxygen atoms in total. The smallest absolute Gasteiger partial charge is 0.341 e. The molecule has 7 aliphatic rings. The summed E-state index contributed by atoms with van der Waals surface area (Å²) in [6, 6.07) is 0. The molecule has 7 rings (SSSR count). The van der Waals surface area contributed by atoms with Crippen LogP contribution in [0.1, 0.15) is 138 Å². The SMILES string of the molecule is C=C(C)[C@@H]1CC[C@]2(NCCN3CCC(S(C)(=O)=O)CC3)CC[C@]3(C)[C@H](CC[C@@H]4[C@@]5(C)CC=C(C=C6CCC(F)(C(=O)O)CC6)C(C)(C)[C@@H]5CC[C@]43C)[C@@H]12. The average molecular weight is 755 g/mol. The molecule has 0 spiro atoms. The zero-order valence-corrected chi connectivity index (χ0v) is 35.0. The van der Waals surface area contributed by atoms with Crippen LogP contribution < -0.4 is 5.32 Å². The van der Waals surface area contributed by atoms with Gasteiger partial charge in [-0.3, -0.25) is 0 Å². The lowest BCUT2D eigenvalue weighted by atomic mass is 9.33. The Morgan fingerprint density at radius 1 is 0.943 bits per heavy atom. The Hall–Kier alpha value is -1.51. The fraction of sp³-hybridized carbons (Fsp3) is 0.844. The number of hydrogen-bond acceptors (Lipinski definition) is 5. The van der Waals surface area contributed by atoms with E-state index in [1.807, 2.05) is 0 Å². The number of hydrogen-bond donors (Lipinski definition) is 2. The minimum atomic E-state index is -2.96. The highest BCUT2D eigenvalue weighted by molar-refractivity contribution is 7.91. The molecule has 9 atom stereocenters. The lowest BCUT2D eigenvalue weighted by Gasteiger charge is -2.72. The van der Waals surface area contributed by atoms with Crippen LogP contribution in [0.3, 0.4) is 0 Å². The quantitative estimate of drug-likeness (QED) is 0.240. The number of carboxylic acid groups (broad SMARTS) is 1. The molecule has 6 fully saturated rings. The van der Waals surface area contributed by atoms with E-state index in [1.165, 1.54) is 74.3 Å². The Bertz CT molecular complexity index is 1630. The van der Waals surface area contributed by atoms with Gasteiger partial charge in [-0.15, -0.1) is 0 Å². The highest BCUT2D eigenvalue weighted by Crippen LogP contribution is 2.76. The third kappa shape index (κ3) is 6.37. The summed E-state index contributed by atoms with van der Waals surface area (Å²) >= 11 is 0. The first-order chi connectivity index (χ1) is 24.7.